The monoisotopic (exact) mass is 276 g/mol. The van der Waals surface area contributed by atoms with Crippen LogP contribution in [0.25, 0.3) is 10.9 Å². The fourth-order valence-corrected chi connectivity index (χ4v) is 1.89. The van der Waals surface area contributed by atoms with Gasteiger partial charge in [0.15, 0.2) is 0 Å². The largest absolute Gasteiger partial charge is 0.480 e. The van der Waals surface area contributed by atoms with Crippen LogP contribution in [0.5, 0.6) is 0 Å². The molecule has 0 spiro atoms. The predicted molar refractivity (Wildman–Crippen MR) is 69.5 cm³/mol. The van der Waals surface area contributed by atoms with E-state index in [9.17, 15) is 14.4 Å². The van der Waals surface area contributed by atoms with Crippen molar-refractivity contribution in [3.8, 4) is 0 Å². The number of hydrogen-bond donors (Lipinski definition) is 3. The number of fused-ring (bicyclic) bond motifs is 1. The van der Waals surface area contributed by atoms with Gasteiger partial charge in [0.25, 0.3) is 5.91 Å². The molecule has 0 radical (unpaired) electrons. The Labute approximate surface area is 113 Å². The van der Waals surface area contributed by atoms with Crippen LogP contribution in [0.15, 0.2) is 30.5 Å². The van der Waals surface area contributed by atoms with E-state index in [4.69, 9.17) is 10.2 Å². The Morgan fingerprint density at radius 3 is 2.30 bits per heavy atom. The lowest BCUT2D eigenvalue weighted by molar-refractivity contribution is -0.140. The third-order valence-corrected chi connectivity index (χ3v) is 2.74. The lowest BCUT2D eigenvalue weighted by Crippen LogP contribution is -2.39. The van der Waals surface area contributed by atoms with Crippen LogP contribution in [0.4, 0.5) is 0 Å². The fraction of sp³-hybridized carbons (Fsp3) is 0.154. The van der Waals surface area contributed by atoms with Gasteiger partial charge in [0.1, 0.15) is 13.1 Å². The first-order valence-electron chi connectivity index (χ1n) is 5.77. The summed E-state index contributed by atoms with van der Waals surface area (Å²) in [6.45, 7) is -1.31. The molecule has 1 heterocycles. The summed E-state index contributed by atoms with van der Waals surface area (Å²) in [4.78, 5) is 37.3. The molecule has 1 aromatic heterocycles. The molecule has 0 atom stereocenters. The van der Waals surface area contributed by atoms with Crippen molar-refractivity contribution in [2.24, 2.45) is 0 Å². The van der Waals surface area contributed by atoms with Crippen molar-refractivity contribution in [1.29, 1.82) is 0 Å². The number of carbonyl (C=O) groups is 3. The molecule has 0 aliphatic heterocycles. The quantitative estimate of drug-likeness (QED) is 0.747. The van der Waals surface area contributed by atoms with Crippen molar-refractivity contribution in [2.75, 3.05) is 13.1 Å². The molecule has 0 aliphatic carbocycles. The Bertz CT molecular complexity index is 660. The summed E-state index contributed by atoms with van der Waals surface area (Å²) in [6.07, 6.45) is 1.71. The van der Waals surface area contributed by atoms with Gasteiger partial charge in [0.2, 0.25) is 0 Å². The summed E-state index contributed by atoms with van der Waals surface area (Å²) >= 11 is 0. The summed E-state index contributed by atoms with van der Waals surface area (Å²) in [7, 11) is 0. The van der Waals surface area contributed by atoms with Gasteiger partial charge >= 0.3 is 11.9 Å². The molecule has 3 N–H and O–H groups in total. The highest BCUT2D eigenvalue weighted by molar-refractivity contribution is 6.00. The number of carboxylic acid groups (broad SMARTS) is 2. The van der Waals surface area contributed by atoms with Gasteiger partial charge in [-0.3, -0.25) is 14.4 Å². The summed E-state index contributed by atoms with van der Waals surface area (Å²) in [5.41, 5.74) is 1.09. The lowest BCUT2D eigenvalue weighted by atomic mass is 10.1. The van der Waals surface area contributed by atoms with E-state index in [1.165, 1.54) is 6.07 Å². The fourth-order valence-electron chi connectivity index (χ4n) is 1.89. The van der Waals surface area contributed by atoms with Gasteiger partial charge in [0.05, 0.1) is 0 Å². The molecule has 0 unspecified atom stereocenters. The second-order valence-corrected chi connectivity index (χ2v) is 4.23. The van der Waals surface area contributed by atoms with E-state index in [2.05, 4.69) is 4.98 Å². The number of aliphatic carboxylic acids is 2. The summed E-state index contributed by atoms with van der Waals surface area (Å²) in [5, 5.41) is 18.3. The number of nitrogens with zero attached hydrogens (tertiary/aromatic N) is 1. The topological polar surface area (TPSA) is 111 Å². The maximum Gasteiger partial charge on any atom is 0.323 e. The maximum absolute atomic E-state index is 12.2. The van der Waals surface area contributed by atoms with E-state index in [-0.39, 0.29) is 5.56 Å². The lowest BCUT2D eigenvalue weighted by Gasteiger charge is -2.18. The molecular weight excluding hydrogens is 264 g/mol. The summed E-state index contributed by atoms with van der Waals surface area (Å²) in [5.74, 6) is -3.15. The standard InChI is InChI=1S/C13H12N2O5/c16-11(17)6-15(7-12(18)19)13(20)9-1-2-10-8(5-9)3-4-14-10/h1-5,14H,6-7H2,(H,16,17)(H,18,19). The molecule has 7 heteroatoms. The normalized spacial score (nSPS) is 10.4. The number of hydrogen-bond acceptors (Lipinski definition) is 3. The van der Waals surface area contributed by atoms with Gasteiger partial charge in [-0.05, 0) is 24.3 Å². The van der Waals surface area contributed by atoms with E-state index in [0.717, 1.165) is 15.8 Å². The van der Waals surface area contributed by atoms with Gasteiger partial charge < -0.3 is 20.1 Å². The number of benzene rings is 1. The zero-order valence-corrected chi connectivity index (χ0v) is 10.4. The minimum Gasteiger partial charge on any atom is -0.480 e. The van der Waals surface area contributed by atoms with Gasteiger partial charge in [-0.15, -0.1) is 0 Å². The minimum atomic E-state index is -1.26. The van der Waals surface area contributed by atoms with Crippen LogP contribution in [0, 0.1) is 0 Å². The van der Waals surface area contributed by atoms with Crippen LogP contribution in [0.3, 0.4) is 0 Å². The molecule has 104 valence electrons. The first-order valence-corrected chi connectivity index (χ1v) is 5.77. The van der Waals surface area contributed by atoms with Crippen LogP contribution in [0.1, 0.15) is 10.4 Å². The molecule has 7 nitrogen and oxygen atoms in total. The van der Waals surface area contributed by atoms with E-state index < -0.39 is 30.9 Å². The summed E-state index contributed by atoms with van der Waals surface area (Å²) in [6, 6.07) is 6.57. The third kappa shape index (κ3) is 2.94. The summed E-state index contributed by atoms with van der Waals surface area (Å²) < 4.78 is 0. The number of rotatable bonds is 5. The number of amides is 1. The molecular formula is C13H12N2O5. The Balaban J connectivity index is 2.29. The van der Waals surface area contributed by atoms with Crippen LogP contribution in [-0.4, -0.2) is 51.0 Å². The highest BCUT2D eigenvalue weighted by Gasteiger charge is 2.21. The molecule has 1 amide bonds. The van der Waals surface area contributed by atoms with Gasteiger partial charge in [-0.25, -0.2) is 0 Å². The second-order valence-electron chi connectivity index (χ2n) is 4.23. The first-order chi connectivity index (χ1) is 9.47. The molecule has 20 heavy (non-hydrogen) atoms. The Kier molecular flexibility index (Phi) is 3.69. The van der Waals surface area contributed by atoms with Crippen LogP contribution in [-0.2, 0) is 9.59 Å². The first kappa shape index (κ1) is 13.6. The molecule has 0 aliphatic rings. The van der Waals surface area contributed by atoms with Gasteiger partial charge in [-0.2, -0.15) is 0 Å². The highest BCUT2D eigenvalue weighted by Crippen LogP contribution is 2.15. The molecule has 2 rings (SSSR count). The van der Waals surface area contributed by atoms with Crippen molar-refractivity contribution in [3.05, 3.63) is 36.0 Å². The Morgan fingerprint density at radius 2 is 1.70 bits per heavy atom. The molecule has 0 saturated carbocycles. The van der Waals surface area contributed by atoms with Crippen molar-refractivity contribution < 1.29 is 24.6 Å². The van der Waals surface area contributed by atoms with Crippen LogP contribution in [0.2, 0.25) is 0 Å². The van der Waals surface area contributed by atoms with E-state index in [0.29, 0.717) is 0 Å². The Morgan fingerprint density at radius 1 is 1.05 bits per heavy atom. The molecule has 0 fully saturated rings. The average molecular weight is 276 g/mol. The molecule has 1 aromatic carbocycles. The van der Waals surface area contributed by atoms with E-state index >= 15 is 0 Å². The average Bonchev–Trinajstić information content (AvgIpc) is 2.83. The maximum atomic E-state index is 12.2. The second kappa shape index (κ2) is 5.43. The SMILES string of the molecule is O=C(O)CN(CC(=O)O)C(=O)c1ccc2[nH]ccc2c1. The van der Waals surface area contributed by atoms with Crippen molar-refractivity contribution in [2.45, 2.75) is 0 Å². The number of aromatic nitrogens is 1. The zero-order valence-electron chi connectivity index (χ0n) is 10.4. The smallest absolute Gasteiger partial charge is 0.323 e. The Hall–Kier alpha value is -2.83. The van der Waals surface area contributed by atoms with Crippen molar-refractivity contribution in [3.63, 3.8) is 0 Å². The molecule has 0 saturated heterocycles. The minimum absolute atomic E-state index is 0.250. The number of carboxylic acids is 2. The number of H-pyrrole nitrogens is 1. The van der Waals surface area contributed by atoms with Crippen LogP contribution >= 0.6 is 0 Å². The number of carbonyl (C=O) groups excluding carboxylic acids is 1. The predicted octanol–water partition coefficient (Wildman–Crippen LogP) is 0.779. The molecule has 2 aromatic rings. The van der Waals surface area contributed by atoms with Gasteiger partial charge in [0, 0.05) is 22.7 Å². The van der Waals surface area contributed by atoms with Crippen molar-refractivity contribution >= 4 is 28.7 Å². The van der Waals surface area contributed by atoms with E-state index in [1.54, 1.807) is 24.4 Å². The van der Waals surface area contributed by atoms with E-state index in [1.807, 2.05) is 0 Å². The molecule has 0 bridgehead atoms. The third-order valence-electron chi connectivity index (χ3n) is 2.74. The van der Waals surface area contributed by atoms with Crippen molar-refractivity contribution in [1.82, 2.24) is 9.88 Å². The zero-order chi connectivity index (χ0) is 14.7. The van der Waals surface area contributed by atoms with Gasteiger partial charge in [-0.1, -0.05) is 0 Å². The highest BCUT2D eigenvalue weighted by atomic mass is 16.4. The number of aromatic amines is 1. The van der Waals surface area contributed by atoms with Crippen LogP contribution < -0.4 is 0 Å². The number of nitrogens with one attached hydrogen (secondary N) is 1.